The highest BCUT2D eigenvalue weighted by Gasteiger charge is 2.14. The molecule has 0 saturated carbocycles. The molecule has 0 fully saturated rings. The second-order valence-corrected chi connectivity index (χ2v) is 5.80. The number of ether oxygens (including phenoxy) is 3. The maximum Gasteiger partial charge on any atom is 0.310 e. The lowest BCUT2D eigenvalue weighted by atomic mass is 10.1. The number of amides is 1. The van der Waals surface area contributed by atoms with Crippen molar-refractivity contribution >= 4 is 23.5 Å². The van der Waals surface area contributed by atoms with Crippen LogP contribution in [0.1, 0.15) is 11.1 Å². The summed E-state index contributed by atoms with van der Waals surface area (Å²) in [6.07, 6.45) is 0.0229. The van der Waals surface area contributed by atoms with Crippen molar-refractivity contribution < 1.29 is 23.8 Å². The van der Waals surface area contributed by atoms with E-state index in [2.05, 4.69) is 5.32 Å². The van der Waals surface area contributed by atoms with Crippen LogP contribution in [0.2, 0.25) is 5.02 Å². The fourth-order valence-corrected chi connectivity index (χ4v) is 2.50. The number of carbonyl (C=O) groups excluding carboxylic acids is 2. The van der Waals surface area contributed by atoms with Crippen molar-refractivity contribution in [3.05, 3.63) is 58.6 Å². The first-order chi connectivity index (χ1) is 12.1. The highest BCUT2D eigenvalue weighted by Crippen LogP contribution is 2.32. The summed E-state index contributed by atoms with van der Waals surface area (Å²) in [6.45, 7) is 0.165. The van der Waals surface area contributed by atoms with Gasteiger partial charge in [0.05, 0.1) is 6.42 Å². The third kappa shape index (κ3) is 4.64. The van der Waals surface area contributed by atoms with Crippen molar-refractivity contribution in [2.45, 2.75) is 13.0 Å². The lowest BCUT2D eigenvalue weighted by Gasteiger charge is -2.08. The van der Waals surface area contributed by atoms with Crippen molar-refractivity contribution in [1.29, 1.82) is 0 Å². The first-order valence-electron chi connectivity index (χ1n) is 7.66. The van der Waals surface area contributed by atoms with Crippen LogP contribution in [0.25, 0.3) is 0 Å². The minimum Gasteiger partial charge on any atom is -0.455 e. The molecule has 2 aromatic carbocycles. The fraction of sp³-hybridized carbons (Fsp3) is 0.222. The number of hydrogen-bond donors (Lipinski definition) is 1. The first-order valence-corrected chi connectivity index (χ1v) is 8.04. The van der Waals surface area contributed by atoms with Gasteiger partial charge in [-0.3, -0.25) is 9.59 Å². The standard InChI is InChI=1S/C18H16ClNO5/c19-14-4-2-1-3-13(14)8-18(22)23-10-17(21)20-9-12-5-6-15-16(7-12)25-11-24-15/h1-7H,8-11H2,(H,20,21). The Balaban J connectivity index is 1.42. The van der Waals surface area contributed by atoms with Gasteiger partial charge in [-0.1, -0.05) is 35.9 Å². The van der Waals surface area contributed by atoms with Crippen LogP contribution >= 0.6 is 11.6 Å². The zero-order valence-corrected chi connectivity index (χ0v) is 14.0. The third-order valence-electron chi connectivity index (χ3n) is 3.58. The molecule has 3 rings (SSSR count). The van der Waals surface area contributed by atoms with Gasteiger partial charge in [-0.2, -0.15) is 0 Å². The van der Waals surface area contributed by atoms with Crippen molar-refractivity contribution in [3.8, 4) is 11.5 Å². The molecular weight excluding hydrogens is 346 g/mol. The summed E-state index contributed by atoms with van der Waals surface area (Å²) < 4.78 is 15.5. The van der Waals surface area contributed by atoms with Gasteiger partial charge < -0.3 is 19.5 Å². The van der Waals surface area contributed by atoms with E-state index in [-0.39, 0.29) is 25.7 Å². The molecule has 1 aliphatic rings. The number of rotatable bonds is 6. The molecule has 7 heteroatoms. The van der Waals surface area contributed by atoms with Crippen LogP contribution < -0.4 is 14.8 Å². The van der Waals surface area contributed by atoms with Gasteiger partial charge in [0.15, 0.2) is 18.1 Å². The summed E-state index contributed by atoms with van der Waals surface area (Å²) in [5.41, 5.74) is 1.52. The Morgan fingerprint density at radius 2 is 1.92 bits per heavy atom. The molecular formula is C18H16ClNO5. The topological polar surface area (TPSA) is 73.9 Å². The molecule has 1 amide bonds. The molecule has 0 atom stereocenters. The third-order valence-corrected chi connectivity index (χ3v) is 3.95. The molecule has 0 bridgehead atoms. The SMILES string of the molecule is O=C(COC(=O)Cc1ccccc1Cl)NCc1ccc2c(c1)OCO2. The smallest absolute Gasteiger partial charge is 0.310 e. The summed E-state index contributed by atoms with van der Waals surface area (Å²) in [4.78, 5) is 23.6. The Hall–Kier alpha value is -2.73. The number of halogens is 1. The van der Waals surface area contributed by atoms with E-state index in [9.17, 15) is 9.59 Å². The van der Waals surface area contributed by atoms with Crippen molar-refractivity contribution in [2.24, 2.45) is 0 Å². The van der Waals surface area contributed by atoms with Gasteiger partial charge in [0.25, 0.3) is 5.91 Å². The lowest BCUT2D eigenvalue weighted by Crippen LogP contribution is -2.28. The van der Waals surface area contributed by atoms with Gasteiger partial charge in [0, 0.05) is 11.6 Å². The number of benzene rings is 2. The Morgan fingerprint density at radius 3 is 2.76 bits per heavy atom. The molecule has 0 radical (unpaired) electrons. The molecule has 1 aliphatic heterocycles. The molecule has 1 heterocycles. The predicted octanol–water partition coefficient (Wildman–Crippen LogP) is 2.47. The average molecular weight is 362 g/mol. The van der Waals surface area contributed by atoms with E-state index in [1.807, 2.05) is 6.07 Å². The minimum atomic E-state index is -0.508. The largest absolute Gasteiger partial charge is 0.455 e. The van der Waals surface area contributed by atoms with Crippen LogP contribution in [-0.2, 0) is 27.3 Å². The minimum absolute atomic E-state index is 0.0229. The van der Waals surface area contributed by atoms with Crippen LogP contribution in [-0.4, -0.2) is 25.3 Å². The van der Waals surface area contributed by atoms with Crippen molar-refractivity contribution in [2.75, 3.05) is 13.4 Å². The van der Waals surface area contributed by atoms with Crippen LogP contribution in [0.4, 0.5) is 0 Å². The van der Waals surface area contributed by atoms with E-state index in [0.717, 1.165) is 5.56 Å². The van der Waals surface area contributed by atoms with E-state index >= 15 is 0 Å². The Morgan fingerprint density at radius 1 is 1.12 bits per heavy atom. The molecule has 1 N–H and O–H groups in total. The number of carbonyl (C=O) groups is 2. The van der Waals surface area contributed by atoms with E-state index < -0.39 is 5.97 Å². The second kappa shape index (κ2) is 7.90. The molecule has 6 nitrogen and oxygen atoms in total. The zero-order valence-electron chi connectivity index (χ0n) is 13.3. The molecule has 0 unspecified atom stereocenters. The van der Waals surface area contributed by atoms with Gasteiger partial charge in [-0.15, -0.1) is 0 Å². The molecule has 130 valence electrons. The molecule has 0 aromatic heterocycles. The first kappa shape index (κ1) is 17.1. The molecule has 25 heavy (non-hydrogen) atoms. The van der Waals surface area contributed by atoms with E-state index in [1.54, 1.807) is 36.4 Å². The zero-order chi connectivity index (χ0) is 17.6. The lowest BCUT2D eigenvalue weighted by molar-refractivity contribution is -0.147. The Bertz CT molecular complexity index is 793. The number of fused-ring (bicyclic) bond motifs is 1. The molecule has 0 aliphatic carbocycles. The van der Waals surface area contributed by atoms with Gasteiger partial charge in [-0.25, -0.2) is 0 Å². The quantitative estimate of drug-likeness (QED) is 0.800. The van der Waals surface area contributed by atoms with E-state index in [4.69, 9.17) is 25.8 Å². The van der Waals surface area contributed by atoms with Gasteiger partial charge in [-0.05, 0) is 29.3 Å². The Kier molecular flexibility index (Phi) is 5.40. The normalized spacial score (nSPS) is 11.9. The second-order valence-electron chi connectivity index (χ2n) is 5.39. The molecule has 2 aromatic rings. The average Bonchev–Trinajstić information content (AvgIpc) is 3.08. The van der Waals surface area contributed by atoms with Gasteiger partial charge in [0.1, 0.15) is 0 Å². The van der Waals surface area contributed by atoms with E-state index in [0.29, 0.717) is 28.6 Å². The van der Waals surface area contributed by atoms with Crippen molar-refractivity contribution in [3.63, 3.8) is 0 Å². The van der Waals surface area contributed by atoms with Crippen LogP contribution in [0, 0.1) is 0 Å². The Labute approximate surface area is 149 Å². The maximum absolute atomic E-state index is 11.8. The maximum atomic E-state index is 11.8. The summed E-state index contributed by atoms with van der Waals surface area (Å²) >= 11 is 5.98. The van der Waals surface area contributed by atoms with Gasteiger partial charge in [0.2, 0.25) is 6.79 Å². The number of hydrogen-bond acceptors (Lipinski definition) is 5. The number of nitrogens with one attached hydrogen (secondary N) is 1. The predicted molar refractivity (Wildman–Crippen MR) is 90.5 cm³/mol. The van der Waals surface area contributed by atoms with Crippen LogP contribution in [0.15, 0.2) is 42.5 Å². The summed E-state index contributed by atoms with van der Waals surface area (Å²) in [5, 5.41) is 3.17. The summed E-state index contributed by atoms with van der Waals surface area (Å²) in [7, 11) is 0. The number of esters is 1. The summed E-state index contributed by atoms with van der Waals surface area (Å²) in [6, 6.07) is 12.4. The van der Waals surface area contributed by atoms with Crippen LogP contribution in [0.5, 0.6) is 11.5 Å². The summed E-state index contributed by atoms with van der Waals surface area (Å²) in [5.74, 6) is 0.443. The fourth-order valence-electron chi connectivity index (χ4n) is 2.30. The molecule has 0 spiro atoms. The highest BCUT2D eigenvalue weighted by molar-refractivity contribution is 6.31. The van der Waals surface area contributed by atoms with E-state index in [1.165, 1.54) is 0 Å². The monoisotopic (exact) mass is 361 g/mol. The molecule has 0 saturated heterocycles. The highest BCUT2D eigenvalue weighted by atomic mass is 35.5. The van der Waals surface area contributed by atoms with Crippen LogP contribution in [0.3, 0.4) is 0 Å². The van der Waals surface area contributed by atoms with Crippen molar-refractivity contribution in [1.82, 2.24) is 5.32 Å². The van der Waals surface area contributed by atoms with Gasteiger partial charge >= 0.3 is 5.97 Å².